The van der Waals surface area contributed by atoms with Gasteiger partial charge in [0.25, 0.3) is 0 Å². The molecule has 1 heterocycles. The third kappa shape index (κ3) is 7.75. The van der Waals surface area contributed by atoms with Crippen LogP contribution in [0.15, 0.2) is 18.2 Å². The Morgan fingerprint density at radius 2 is 2.14 bits per heavy atom. The van der Waals surface area contributed by atoms with Crippen LogP contribution in [-0.4, -0.2) is 65.6 Å². The Morgan fingerprint density at radius 1 is 1.32 bits per heavy atom. The average molecular weight is 505 g/mol. The Kier molecular flexibility index (Phi) is 10.4. The first kappa shape index (κ1) is 23.2. The monoisotopic (exact) mass is 505 g/mol. The number of hydrogen-bond acceptors (Lipinski definition) is 6. The molecule has 1 aromatic rings. The van der Waals surface area contributed by atoms with Gasteiger partial charge in [-0.05, 0) is 18.6 Å². The molecule has 2 rings (SSSR count). The molecule has 0 aliphatic carbocycles. The predicted molar refractivity (Wildman–Crippen MR) is 124 cm³/mol. The minimum atomic E-state index is -0.599. The Bertz CT molecular complexity index is 615. The number of benzene rings is 1. The van der Waals surface area contributed by atoms with Crippen LogP contribution in [0.25, 0.3) is 0 Å². The summed E-state index contributed by atoms with van der Waals surface area (Å²) < 4.78 is 12.6. The Morgan fingerprint density at radius 3 is 2.86 bits per heavy atom. The molecule has 2 N–H and O–H groups in total. The number of carbonyl (C=O) groups is 1. The fourth-order valence-corrected chi connectivity index (χ4v) is 5.24. The number of alkyl halides is 1. The molecule has 1 aliphatic heterocycles. The van der Waals surface area contributed by atoms with Crippen molar-refractivity contribution in [1.29, 1.82) is 0 Å². The van der Waals surface area contributed by atoms with E-state index < -0.39 is 21.6 Å². The molecule has 7 heteroatoms. The van der Waals surface area contributed by atoms with Crippen LogP contribution in [0.4, 0.5) is 5.69 Å². The molecule has 1 fully saturated rings. The topological polar surface area (TPSA) is 68.0 Å². The van der Waals surface area contributed by atoms with Crippen molar-refractivity contribution in [2.45, 2.75) is 46.1 Å². The van der Waals surface area contributed by atoms with E-state index in [-0.39, 0.29) is 5.97 Å². The molecule has 0 radical (unpaired) electrons. The molecule has 1 atom stereocenters. The summed E-state index contributed by atoms with van der Waals surface area (Å²) in [5, 5.41) is 0. The number of nitrogen functional groups attached to an aromatic ring is 1. The SMILES string of the molecule is CCCC[IH]OC(=O)CN1CCN(CCOc2ccc(N)cc2CC)CC1C. The van der Waals surface area contributed by atoms with Gasteiger partial charge in [-0.2, -0.15) is 0 Å². The number of nitrogens with two attached hydrogens (primary N) is 1. The van der Waals surface area contributed by atoms with Gasteiger partial charge in [-0.15, -0.1) is 0 Å². The Hall–Kier alpha value is -1.06. The molecule has 0 amide bonds. The zero-order valence-electron chi connectivity index (χ0n) is 17.5. The Balaban J connectivity index is 1.68. The molecular formula is C21H36IN3O3. The van der Waals surface area contributed by atoms with E-state index in [1.807, 2.05) is 18.2 Å². The van der Waals surface area contributed by atoms with Crippen LogP contribution >= 0.6 is 21.6 Å². The van der Waals surface area contributed by atoms with Crippen LogP contribution in [0.3, 0.4) is 0 Å². The fraction of sp³-hybridized carbons (Fsp3) is 0.667. The quantitative estimate of drug-likeness (QED) is 0.216. The van der Waals surface area contributed by atoms with E-state index >= 15 is 0 Å². The van der Waals surface area contributed by atoms with E-state index in [0.717, 1.165) is 54.0 Å². The first-order chi connectivity index (χ1) is 13.5. The number of rotatable bonds is 11. The van der Waals surface area contributed by atoms with Gasteiger partial charge in [0.15, 0.2) is 0 Å². The molecular weight excluding hydrogens is 469 g/mol. The summed E-state index contributed by atoms with van der Waals surface area (Å²) in [4.78, 5) is 16.7. The van der Waals surface area contributed by atoms with Crippen LogP contribution in [0, 0.1) is 0 Å². The maximum atomic E-state index is 12.0. The molecule has 1 unspecified atom stereocenters. The molecule has 1 saturated heterocycles. The zero-order chi connectivity index (χ0) is 20.4. The van der Waals surface area contributed by atoms with E-state index in [1.54, 1.807) is 0 Å². The van der Waals surface area contributed by atoms with Crippen LogP contribution < -0.4 is 10.5 Å². The third-order valence-corrected chi connectivity index (χ3v) is 7.21. The fourth-order valence-electron chi connectivity index (χ4n) is 3.31. The van der Waals surface area contributed by atoms with E-state index in [9.17, 15) is 4.79 Å². The van der Waals surface area contributed by atoms with Crippen molar-refractivity contribution >= 4 is 33.3 Å². The summed E-state index contributed by atoms with van der Waals surface area (Å²) in [6.45, 7) is 11.2. The third-order valence-electron chi connectivity index (χ3n) is 5.05. The summed E-state index contributed by atoms with van der Waals surface area (Å²) in [5.41, 5.74) is 7.78. The standard InChI is InChI=1S/C21H36IN3O3/c1-4-6-9-22-28-21(26)16-25-11-10-24(15-17(25)3)12-13-27-20-8-7-19(23)14-18(20)5-2/h7-8,14,17,22H,4-6,9-13,15-16,23H2,1-3H3. The summed E-state index contributed by atoms with van der Waals surface area (Å²) in [5.74, 6) is 0.885. The summed E-state index contributed by atoms with van der Waals surface area (Å²) in [6, 6.07) is 6.18. The molecule has 160 valence electrons. The van der Waals surface area contributed by atoms with Crippen molar-refractivity contribution < 1.29 is 12.6 Å². The van der Waals surface area contributed by atoms with E-state index in [4.69, 9.17) is 13.5 Å². The number of unbranched alkanes of at least 4 members (excludes halogenated alkanes) is 1. The van der Waals surface area contributed by atoms with Gasteiger partial charge in [-0.3, -0.25) is 0 Å². The molecule has 1 aromatic carbocycles. The van der Waals surface area contributed by atoms with E-state index in [1.165, 1.54) is 12.8 Å². The number of hydrogen-bond donors (Lipinski definition) is 1. The van der Waals surface area contributed by atoms with Crippen molar-refractivity contribution in [1.82, 2.24) is 9.80 Å². The average Bonchev–Trinajstić information content (AvgIpc) is 2.68. The second-order valence-corrected chi connectivity index (χ2v) is 9.63. The van der Waals surface area contributed by atoms with Gasteiger partial charge < -0.3 is 5.73 Å². The van der Waals surface area contributed by atoms with E-state index in [0.29, 0.717) is 19.2 Å². The number of piperazine rings is 1. The van der Waals surface area contributed by atoms with Gasteiger partial charge in [0.05, 0.1) is 0 Å². The number of carbonyl (C=O) groups excluding carboxylic acids is 1. The molecule has 0 saturated carbocycles. The number of halogens is 1. The molecule has 0 aromatic heterocycles. The minimum absolute atomic E-state index is 0.0439. The van der Waals surface area contributed by atoms with Gasteiger partial charge in [0, 0.05) is 5.69 Å². The number of anilines is 1. The van der Waals surface area contributed by atoms with E-state index in [2.05, 4.69) is 30.6 Å². The number of aryl methyl sites for hydroxylation is 1. The maximum absolute atomic E-state index is 12.0. The summed E-state index contributed by atoms with van der Waals surface area (Å²) in [7, 11) is 0. The first-order valence-corrected chi connectivity index (χ1v) is 12.9. The van der Waals surface area contributed by atoms with Gasteiger partial charge in [0.2, 0.25) is 0 Å². The number of ether oxygens (including phenoxy) is 1. The van der Waals surface area contributed by atoms with Gasteiger partial charge in [-0.1, -0.05) is 6.92 Å². The van der Waals surface area contributed by atoms with Crippen molar-refractivity contribution in [3.63, 3.8) is 0 Å². The summed E-state index contributed by atoms with van der Waals surface area (Å²) >= 11 is -0.599. The molecule has 1 aliphatic rings. The van der Waals surface area contributed by atoms with Crippen molar-refractivity contribution in [3.05, 3.63) is 23.8 Å². The van der Waals surface area contributed by atoms with Crippen molar-refractivity contribution in [2.24, 2.45) is 0 Å². The van der Waals surface area contributed by atoms with Gasteiger partial charge in [0.1, 0.15) is 0 Å². The van der Waals surface area contributed by atoms with Crippen molar-refractivity contribution in [2.75, 3.05) is 49.5 Å². The molecule has 6 nitrogen and oxygen atoms in total. The summed E-state index contributed by atoms with van der Waals surface area (Å²) in [6.07, 6.45) is 3.25. The van der Waals surface area contributed by atoms with Crippen LogP contribution in [0.2, 0.25) is 0 Å². The zero-order valence-corrected chi connectivity index (χ0v) is 19.8. The van der Waals surface area contributed by atoms with Gasteiger partial charge in [-0.25, -0.2) is 0 Å². The van der Waals surface area contributed by atoms with Gasteiger partial charge >= 0.3 is 144 Å². The normalized spacial score (nSPS) is 18.3. The molecule has 0 bridgehead atoms. The Labute approximate surface area is 180 Å². The second kappa shape index (κ2) is 12.5. The van der Waals surface area contributed by atoms with Crippen LogP contribution in [0.5, 0.6) is 5.75 Å². The molecule has 28 heavy (non-hydrogen) atoms. The van der Waals surface area contributed by atoms with Crippen LogP contribution in [0.1, 0.15) is 39.2 Å². The molecule has 0 spiro atoms. The predicted octanol–water partition coefficient (Wildman–Crippen LogP) is 3.18. The second-order valence-electron chi connectivity index (χ2n) is 7.32. The van der Waals surface area contributed by atoms with Crippen LogP contribution in [-0.2, 0) is 14.3 Å². The number of nitrogens with zero attached hydrogens (tertiary/aromatic N) is 2. The van der Waals surface area contributed by atoms with Crippen molar-refractivity contribution in [3.8, 4) is 5.75 Å². The first-order valence-electron chi connectivity index (χ1n) is 10.3.